The summed E-state index contributed by atoms with van der Waals surface area (Å²) >= 11 is 0. The molecule has 21 heavy (non-hydrogen) atoms. The number of methoxy groups -OCH3 is 1. The summed E-state index contributed by atoms with van der Waals surface area (Å²) in [7, 11) is -1.22. The minimum Gasteiger partial charge on any atom is -0.380 e. The molecule has 0 spiro atoms. The zero-order chi connectivity index (χ0) is 15.3. The van der Waals surface area contributed by atoms with E-state index in [0.717, 1.165) is 32.2 Å². The van der Waals surface area contributed by atoms with Crippen LogP contribution in [-0.2, 0) is 27.7 Å². The topological polar surface area (TPSA) is 55.4 Å². The second-order valence-electron chi connectivity index (χ2n) is 5.90. The minimum atomic E-state index is -2.92. The molecule has 1 N–H and O–H groups in total. The van der Waals surface area contributed by atoms with Gasteiger partial charge in [0.05, 0.1) is 11.9 Å². The first-order valence-electron chi connectivity index (χ1n) is 7.48. The van der Waals surface area contributed by atoms with E-state index in [0.29, 0.717) is 6.61 Å². The molecule has 2 unspecified atom stereocenters. The fourth-order valence-corrected chi connectivity index (χ4v) is 4.18. The first kappa shape index (κ1) is 16.5. The number of ether oxygens (including phenoxy) is 1. The van der Waals surface area contributed by atoms with Gasteiger partial charge in [-0.25, -0.2) is 8.42 Å². The summed E-state index contributed by atoms with van der Waals surface area (Å²) in [6.07, 6.45) is 4.92. The van der Waals surface area contributed by atoms with Gasteiger partial charge in [0, 0.05) is 26.0 Å². The molecular formula is C16H25NO3S. The van der Waals surface area contributed by atoms with Crippen LogP contribution in [0.2, 0.25) is 0 Å². The van der Waals surface area contributed by atoms with E-state index in [9.17, 15) is 8.42 Å². The standard InChI is InChI=1S/C16H25NO3S/c1-20-12-14-7-4-3-6-13(14)11-17-15-8-5-9-16(10-15)21(2,18)19/h3-4,6-7,15-17H,5,8-12H2,1-2H3. The molecule has 118 valence electrons. The lowest BCUT2D eigenvalue weighted by Gasteiger charge is -2.29. The average Bonchev–Trinajstić information content (AvgIpc) is 2.46. The highest BCUT2D eigenvalue weighted by molar-refractivity contribution is 7.91. The van der Waals surface area contributed by atoms with Crippen LogP contribution < -0.4 is 5.32 Å². The second-order valence-corrected chi connectivity index (χ2v) is 8.22. The SMILES string of the molecule is COCc1ccccc1CNC1CCCC(S(C)(=O)=O)C1. The molecule has 4 nitrogen and oxygen atoms in total. The quantitative estimate of drug-likeness (QED) is 0.876. The number of rotatable bonds is 6. The van der Waals surface area contributed by atoms with Crippen LogP contribution in [0, 0.1) is 0 Å². The zero-order valence-electron chi connectivity index (χ0n) is 12.8. The smallest absolute Gasteiger partial charge is 0.150 e. The van der Waals surface area contributed by atoms with Gasteiger partial charge in [-0.2, -0.15) is 0 Å². The highest BCUT2D eigenvalue weighted by Gasteiger charge is 2.28. The van der Waals surface area contributed by atoms with Crippen LogP contribution in [0.25, 0.3) is 0 Å². The van der Waals surface area contributed by atoms with Crippen molar-refractivity contribution in [2.45, 2.75) is 50.1 Å². The van der Waals surface area contributed by atoms with Crippen molar-refractivity contribution in [1.82, 2.24) is 5.32 Å². The zero-order valence-corrected chi connectivity index (χ0v) is 13.7. The molecule has 1 aliphatic carbocycles. The van der Waals surface area contributed by atoms with Crippen LogP contribution in [0.5, 0.6) is 0 Å². The summed E-state index contributed by atoms with van der Waals surface area (Å²) in [5.41, 5.74) is 2.41. The lowest BCUT2D eigenvalue weighted by atomic mass is 9.94. The number of hydrogen-bond acceptors (Lipinski definition) is 4. The van der Waals surface area contributed by atoms with E-state index in [1.165, 1.54) is 17.4 Å². The van der Waals surface area contributed by atoms with Crippen molar-refractivity contribution in [3.8, 4) is 0 Å². The van der Waals surface area contributed by atoms with Crippen LogP contribution in [0.3, 0.4) is 0 Å². The predicted molar refractivity (Wildman–Crippen MR) is 84.9 cm³/mol. The van der Waals surface area contributed by atoms with Crippen LogP contribution >= 0.6 is 0 Å². The largest absolute Gasteiger partial charge is 0.380 e. The van der Waals surface area contributed by atoms with Crippen molar-refractivity contribution >= 4 is 9.84 Å². The summed E-state index contributed by atoms with van der Waals surface area (Å²) in [4.78, 5) is 0. The molecule has 1 fully saturated rings. The van der Waals surface area contributed by atoms with Gasteiger partial charge in [-0.15, -0.1) is 0 Å². The summed E-state index contributed by atoms with van der Waals surface area (Å²) < 4.78 is 28.6. The normalized spacial score (nSPS) is 23.1. The molecule has 0 bridgehead atoms. The van der Waals surface area contributed by atoms with Crippen LogP contribution in [0.15, 0.2) is 24.3 Å². The Balaban J connectivity index is 1.94. The second kappa shape index (κ2) is 7.38. The molecular weight excluding hydrogens is 286 g/mol. The van der Waals surface area contributed by atoms with E-state index < -0.39 is 9.84 Å². The van der Waals surface area contributed by atoms with E-state index in [2.05, 4.69) is 17.4 Å². The van der Waals surface area contributed by atoms with Gasteiger partial charge in [0.15, 0.2) is 0 Å². The van der Waals surface area contributed by atoms with E-state index in [4.69, 9.17) is 4.74 Å². The maximum absolute atomic E-state index is 11.7. The fourth-order valence-electron chi connectivity index (χ4n) is 3.00. The molecule has 2 atom stereocenters. The van der Waals surface area contributed by atoms with Crippen molar-refractivity contribution in [3.05, 3.63) is 35.4 Å². The summed E-state index contributed by atoms with van der Waals surface area (Å²) in [6, 6.07) is 8.49. The van der Waals surface area contributed by atoms with Gasteiger partial charge < -0.3 is 10.1 Å². The number of sulfone groups is 1. The number of benzene rings is 1. The van der Waals surface area contributed by atoms with E-state index in [1.54, 1.807) is 7.11 Å². The average molecular weight is 311 g/mol. The minimum absolute atomic E-state index is 0.182. The Labute approximate surface area is 127 Å². The molecule has 1 aliphatic rings. The van der Waals surface area contributed by atoms with Gasteiger partial charge in [-0.05, 0) is 30.4 Å². The summed E-state index contributed by atoms with van der Waals surface area (Å²) in [5, 5.41) is 3.34. The van der Waals surface area contributed by atoms with Gasteiger partial charge in [0.1, 0.15) is 9.84 Å². The third-order valence-electron chi connectivity index (χ3n) is 4.23. The van der Waals surface area contributed by atoms with E-state index in [-0.39, 0.29) is 11.3 Å². The Bertz CT molecular complexity index is 556. The number of nitrogens with one attached hydrogen (secondary N) is 1. The molecule has 0 aliphatic heterocycles. The maximum atomic E-state index is 11.7. The van der Waals surface area contributed by atoms with Crippen molar-refractivity contribution in [1.29, 1.82) is 0 Å². The Morgan fingerprint density at radius 3 is 2.62 bits per heavy atom. The summed E-state index contributed by atoms with van der Waals surface area (Å²) in [5.74, 6) is 0. The first-order valence-corrected chi connectivity index (χ1v) is 9.44. The molecule has 0 radical (unpaired) electrons. The van der Waals surface area contributed by atoms with E-state index >= 15 is 0 Å². The highest BCUT2D eigenvalue weighted by Crippen LogP contribution is 2.24. The molecule has 0 saturated heterocycles. The van der Waals surface area contributed by atoms with E-state index in [1.807, 2.05) is 12.1 Å². The lowest BCUT2D eigenvalue weighted by Crippen LogP contribution is -2.38. The Hall–Kier alpha value is -0.910. The molecule has 2 rings (SSSR count). The molecule has 0 aromatic heterocycles. The highest BCUT2D eigenvalue weighted by atomic mass is 32.2. The van der Waals surface area contributed by atoms with Gasteiger partial charge in [0.2, 0.25) is 0 Å². The van der Waals surface area contributed by atoms with Crippen LogP contribution in [-0.4, -0.2) is 33.1 Å². The lowest BCUT2D eigenvalue weighted by molar-refractivity contribution is 0.184. The third-order valence-corrected chi connectivity index (χ3v) is 5.87. The number of hydrogen-bond donors (Lipinski definition) is 1. The molecule has 5 heteroatoms. The maximum Gasteiger partial charge on any atom is 0.150 e. The van der Waals surface area contributed by atoms with Crippen molar-refractivity contribution in [2.75, 3.05) is 13.4 Å². The molecule has 1 aromatic rings. The van der Waals surface area contributed by atoms with Crippen LogP contribution in [0.4, 0.5) is 0 Å². The van der Waals surface area contributed by atoms with Crippen molar-refractivity contribution in [2.24, 2.45) is 0 Å². The van der Waals surface area contributed by atoms with Crippen molar-refractivity contribution < 1.29 is 13.2 Å². The Kier molecular flexibility index (Phi) is 5.79. The molecule has 0 heterocycles. The molecule has 0 amide bonds. The van der Waals surface area contributed by atoms with Gasteiger partial charge in [-0.1, -0.05) is 30.7 Å². The fraction of sp³-hybridized carbons (Fsp3) is 0.625. The first-order chi connectivity index (χ1) is 10.0. The van der Waals surface area contributed by atoms with Crippen molar-refractivity contribution in [3.63, 3.8) is 0 Å². The molecule has 1 aromatic carbocycles. The van der Waals surface area contributed by atoms with Gasteiger partial charge in [0.25, 0.3) is 0 Å². The Morgan fingerprint density at radius 2 is 1.95 bits per heavy atom. The Morgan fingerprint density at radius 1 is 1.24 bits per heavy atom. The monoisotopic (exact) mass is 311 g/mol. The van der Waals surface area contributed by atoms with Gasteiger partial charge >= 0.3 is 0 Å². The van der Waals surface area contributed by atoms with Crippen LogP contribution in [0.1, 0.15) is 36.8 Å². The summed E-state index contributed by atoms with van der Waals surface area (Å²) in [6.45, 7) is 1.37. The predicted octanol–water partition coefficient (Wildman–Crippen LogP) is 2.28. The third kappa shape index (κ3) is 4.80. The van der Waals surface area contributed by atoms with Gasteiger partial charge in [-0.3, -0.25) is 0 Å². The molecule has 1 saturated carbocycles.